The normalized spacial score (nSPS) is 13.3. The third-order valence-electron chi connectivity index (χ3n) is 3.22. The van der Waals surface area contributed by atoms with Crippen molar-refractivity contribution in [2.24, 2.45) is 0 Å². The van der Waals surface area contributed by atoms with Gasteiger partial charge in [-0.05, 0) is 19.1 Å². The van der Waals surface area contributed by atoms with Crippen LogP contribution in [-0.2, 0) is 10.9 Å². The minimum atomic E-state index is -4.77. The predicted octanol–water partition coefficient (Wildman–Crippen LogP) is 5.88. The van der Waals surface area contributed by atoms with Gasteiger partial charge in [-0.15, -0.1) is 0 Å². The Kier molecular flexibility index (Phi) is 6.86. The number of hydrogen-bond donors (Lipinski definition) is 0. The Morgan fingerprint density at radius 3 is 2.21 bits per heavy atom. The van der Waals surface area contributed by atoms with Crippen LogP contribution in [0.5, 0.6) is 5.75 Å². The second-order valence-electron chi connectivity index (χ2n) is 5.26. The molecular weight excluding hydrogens is 477 g/mol. The molecule has 0 aliphatic carbocycles. The number of rotatable bonds is 6. The van der Waals surface area contributed by atoms with Gasteiger partial charge in [-0.25, -0.2) is 13.9 Å². The SMILES string of the molecule is CCOC(=O)c1nn(-c2c(Cl)cc(C(F)(F)F)cc2Cl)cc1OC(F)(F)C(F)Cl. The molecule has 0 fully saturated rings. The summed E-state index contributed by atoms with van der Waals surface area (Å²) in [5.74, 6) is -2.20. The Morgan fingerprint density at radius 2 is 1.76 bits per heavy atom. The van der Waals surface area contributed by atoms with E-state index >= 15 is 0 Å². The number of carbonyl (C=O) groups excluding carboxylic acids is 1. The number of halogens is 9. The van der Waals surface area contributed by atoms with E-state index in [9.17, 15) is 31.1 Å². The van der Waals surface area contributed by atoms with Crippen molar-refractivity contribution in [3.8, 4) is 11.4 Å². The average molecular weight is 486 g/mol. The quantitative estimate of drug-likeness (QED) is 0.291. The van der Waals surface area contributed by atoms with Crippen molar-refractivity contribution in [2.75, 3.05) is 6.61 Å². The van der Waals surface area contributed by atoms with E-state index in [2.05, 4.69) is 14.6 Å². The van der Waals surface area contributed by atoms with Gasteiger partial charge >= 0.3 is 18.3 Å². The van der Waals surface area contributed by atoms with Gasteiger partial charge in [-0.1, -0.05) is 34.8 Å². The molecule has 0 N–H and O–H groups in total. The number of nitrogens with zero attached hydrogens (tertiary/aromatic N) is 2. The van der Waals surface area contributed by atoms with Crippen LogP contribution in [-0.4, -0.2) is 34.1 Å². The van der Waals surface area contributed by atoms with E-state index in [1.165, 1.54) is 6.92 Å². The summed E-state index contributed by atoms with van der Waals surface area (Å²) in [5, 5.41) is 2.49. The first-order valence-electron chi connectivity index (χ1n) is 7.46. The highest BCUT2D eigenvalue weighted by molar-refractivity contribution is 6.37. The van der Waals surface area contributed by atoms with Crippen molar-refractivity contribution in [3.63, 3.8) is 0 Å². The number of alkyl halides is 7. The molecule has 1 unspecified atom stereocenters. The lowest BCUT2D eigenvalue weighted by atomic mass is 10.2. The van der Waals surface area contributed by atoms with Crippen LogP contribution in [0.25, 0.3) is 5.69 Å². The molecule has 29 heavy (non-hydrogen) atoms. The van der Waals surface area contributed by atoms with E-state index in [0.29, 0.717) is 23.0 Å². The summed E-state index contributed by atoms with van der Waals surface area (Å²) in [6, 6.07) is 1.03. The van der Waals surface area contributed by atoms with Gasteiger partial charge in [0.25, 0.3) is 5.63 Å². The molecule has 1 aromatic heterocycles. The largest absolute Gasteiger partial charge is 0.461 e. The molecule has 1 aromatic carbocycles. The molecule has 0 aliphatic heterocycles. The van der Waals surface area contributed by atoms with E-state index in [4.69, 9.17) is 34.8 Å². The molecule has 5 nitrogen and oxygen atoms in total. The first kappa shape index (κ1) is 23.4. The van der Waals surface area contributed by atoms with E-state index in [0.717, 1.165) is 0 Å². The molecule has 2 aromatic rings. The summed E-state index contributed by atoms with van der Waals surface area (Å²) in [6.45, 7) is 1.23. The van der Waals surface area contributed by atoms with Gasteiger partial charge in [-0.3, -0.25) is 0 Å². The van der Waals surface area contributed by atoms with Crippen LogP contribution in [0.4, 0.5) is 26.3 Å². The zero-order valence-electron chi connectivity index (χ0n) is 14.0. The molecule has 1 atom stereocenters. The summed E-state index contributed by atoms with van der Waals surface area (Å²) in [4.78, 5) is 12.0. The van der Waals surface area contributed by atoms with Crippen molar-refractivity contribution in [1.82, 2.24) is 9.78 Å². The number of hydrogen-bond acceptors (Lipinski definition) is 4. The summed E-state index contributed by atoms with van der Waals surface area (Å²) in [6.07, 6.45) is -8.69. The Morgan fingerprint density at radius 1 is 1.21 bits per heavy atom. The smallest absolute Gasteiger partial charge is 0.444 e. The molecule has 0 bridgehead atoms. The van der Waals surface area contributed by atoms with Crippen LogP contribution < -0.4 is 4.74 Å². The minimum Gasteiger partial charge on any atom is -0.461 e. The van der Waals surface area contributed by atoms with Gasteiger partial charge in [0.1, 0.15) is 5.69 Å². The lowest BCUT2D eigenvalue weighted by molar-refractivity contribution is -0.199. The Bertz CT molecular complexity index is 894. The van der Waals surface area contributed by atoms with Crippen LogP contribution in [0.3, 0.4) is 0 Å². The Labute approximate surface area is 174 Å². The van der Waals surface area contributed by atoms with Gasteiger partial charge < -0.3 is 9.47 Å². The third-order valence-corrected chi connectivity index (χ3v) is 4.05. The van der Waals surface area contributed by atoms with Crippen molar-refractivity contribution in [3.05, 3.63) is 39.6 Å². The summed E-state index contributed by atoms with van der Waals surface area (Å²) < 4.78 is 87.8. The Hall–Kier alpha value is -1.85. The summed E-state index contributed by atoms with van der Waals surface area (Å²) >= 11 is 16.4. The van der Waals surface area contributed by atoms with Crippen LogP contribution in [0, 0.1) is 0 Å². The molecule has 0 saturated heterocycles. The van der Waals surface area contributed by atoms with Gasteiger partial charge in [0.05, 0.1) is 28.4 Å². The highest BCUT2D eigenvalue weighted by Gasteiger charge is 2.44. The van der Waals surface area contributed by atoms with Crippen LogP contribution in [0.1, 0.15) is 23.0 Å². The maximum Gasteiger partial charge on any atom is 0.444 e. The van der Waals surface area contributed by atoms with Crippen LogP contribution in [0.2, 0.25) is 10.0 Å². The predicted molar refractivity (Wildman–Crippen MR) is 90.9 cm³/mol. The Balaban J connectivity index is 2.60. The number of ether oxygens (including phenoxy) is 2. The van der Waals surface area contributed by atoms with E-state index in [-0.39, 0.29) is 12.3 Å². The number of carbonyl (C=O) groups is 1. The molecule has 0 saturated carbocycles. The second kappa shape index (κ2) is 8.49. The summed E-state index contributed by atoms with van der Waals surface area (Å²) in [5.41, 5.74) is -5.68. The molecule has 14 heteroatoms. The lowest BCUT2D eigenvalue weighted by Crippen LogP contribution is -2.33. The second-order valence-corrected chi connectivity index (χ2v) is 6.46. The van der Waals surface area contributed by atoms with Crippen molar-refractivity contribution >= 4 is 40.8 Å². The molecule has 0 amide bonds. The van der Waals surface area contributed by atoms with Gasteiger partial charge in [0.2, 0.25) is 5.69 Å². The van der Waals surface area contributed by atoms with Crippen molar-refractivity contribution in [1.29, 1.82) is 0 Å². The first-order valence-corrected chi connectivity index (χ1v) is 8.65. The highest BCUT2D eigenvalue weighted by atomic mass is 35.5. The average Bonchev–Trinajstić information content (AvgIpc) is 2.96. The zero-order valence-corrected chi connectivity index (χ0v) is 16.3. The summed E-state index contributed by atoms with van der Waals surface area (Å²) in [7, 11) is 0. The maximum absolute atomic E-state index is 13.5. The fourth-order valence-electron chi connectivity index (χ4n) is 2.03. The maximum atomic E-state index is 13.5. The molecule has 1 heterocycles. The molecule has 0 spiro atoms. The van der Waals surface area contributed by atoms with E-state index in [1.54, 1.807) is 0 Å². The van der Waals surface area contributed by atoms with Crippen molar-refractivity contribution < 1.29 is 40.6 Å². The topological polar surface area (TPSA) is 53.3 Å². The van der Waals surface area contributed by atoms with Gasteiger partial charge in [-0.2, -0.15) is 27.1 Å². The van der Waals surface area contributed by atoms with Gasteiger partial charge in [0, 0.05) is 0 Å². The lowest BCUT2D eigenvalue weighted by Gasteiger charge is -2.16. The molecule has 160 valence electrons. The molecule has 0 radical (unpaired) electrons. The van der Waals surface area contributed by atoms with Gasteiger partial charge in [0.15, 0.2) is 5.75 Å². The highest BCUT2D eigenvalue weighted by Crippen LogP contribution is 2.39. The minimum absolute atomic E-state index is 0.176. The fraction of sp³-hybridized carbons (Fsp3) is 0.333. The van der Waals surface area contributed by atoms with Crippen LogP contribution >= 0.6 is 34.8 Å². The molecule has 2 rings (SSSR count). The zero-order chi connectivity index (χ0) is 22.1. The number of benzene rings is 1. The van der Waals surface area contributed by atoms with Crippen molar-refractivity contribution in [2.45, 2.75) is 24.8 Å². The number of aromatic nitrogens is 2. The molecular formula is C15H9Cl3F6N2O3. The van der Waals surface area contributed by atoms with E-state index < -0.39 is 50.9 Å². The third kappa shape index (κ3) is 5.20. The number of esters is 1. The monoisotopic (exact) mass is 484 g/mol. The first-order chi connectivity index (χ1) is 13.3. The van der Waals surface area contributed by atoms with Crippen LogP contribution in [0.15, 0.2) is 18.3 Å². The van der Waals surface area contributed by atoms with E-state index in [1.807, 2.05) is 0 Å². The standard InChI is InChI=1S/C15H9Cl3F6N2O3/c1-2-28-12(27)10-9(29-15(23,24)13(18)19)5-26(25-10)11-7(16)3-6(4-8(11)17)14(20,21)22/h3-5,13H,2H2,1H3. The fourth-order valence-corrected chi connectivity index (χ4v) is 2.73. The molecule has 0 aliphatic rings.